The summed E-state index contributed by atoms with van der Waals surface area (Å²) in [6.07, 6.45) is 13.9. The number of benzene rings is 1. The van der Waals surface area contributed by atoms with Crippen molar-refractivity contribution in [2.24, 2.45) is 0 Å². The third-order valence-electron chi connectivity index (χ3n) is 3.35. The van der Waals surface area contributed by atoms with E-state index in [1.54, 1.807) is 11.8 Å². The zero-order chi connectivity index (χ0) is 13.3. The fraction of sp³-hybridized carbons (Fsp3) is 0.529. The molecule has 19 heavy (non-hydrogen) atoms. The van der Waals surface area contributed by atoms with Gasteiger partial charge in [0.25, 0.3) is 0 Å². The number of fused-ring (bicyclic) bond motifs is 1. The van der Waals surface area contributed by atoms with Crippen molar-refractivity contribution >= 4 is 11.8 Å². The molecular formula is C17H24OS. The summed E-state index contributed by atoms with van der Waals surface area (Å²) in [5.41, 5.74) is 0.178. The first-order valence-electron chi connectivity index (χ1n) is 7.49. The normalized spacial score (nSPS) is 17.6. The molecule has 0 bridgehead atoms. The zero-order valence-electron chi connectivity index (χ0n) is 11.8. The molecule has 1 heterocycles. The van der Waals surface area contributed by atoms with Gasteiger partial charge in [-0.05, 0) is 31.1 Å². The van der Waals surface area contributed by atoms with Crippen LogP contribution in [0.2, 0.25) is 0 Å². The average Bonchev–Trinajstić information content (AvgIpc) is 2.84. The third kappa shape index (κ3) is 4.94. The molecule has 0 radical (unpaired) electrons. The van der Waals surface area contributed by atoms with E-state index >= 15 is 0 Å². The van der Waals surface area contributed by atoms with Gasteiger partial charge in [-0.1, -0.05) is 69.0 Å². The van der Waals surface area contributed by atoms with Crippen LogP contribution in [0.4, 0.5) is 0 Å². The molecule has 0 aromatic heterocycles. The van der Waals surface area contributed by atoms with Crippen LogP contribution < -0.4 is 4.74 Å². The van der Waals surface area contributed by atoms with Gasteiger partial charge in [-0.25, -0.2) is 0 Å². The molecule has 1 aromatic carbocycles. The first-order valence-corrected chi connectivity index (χ1v) is 8.37. The number of hydrogen-bond acceptors (Lipinski definition) is 2. The summed E-state index contributed by atoms with van der Waals surface area (Å²) in [5.74, 6) is 1.03. The lowest BCUT2D eigenvalue weighted by Crippen LogP contribution is -2.01. The standard InChI is InChI=1S/C17H24OS/c1-2-3-4-5-6-7-8-9-14-17-18-15-12-10-11-13-16(15)19-17/h9-14,17H,2-8H2,1H3/b14-9+. The van der Waals surface area contributed by atoms with Gasteiger partial charge in [0, 0.05) is 0 Å². The number of hydrogen-bond donors (Lipinski definition) is 0. The number of thioether (sulfide) groups is 1. The van der Waals surface area contributed by atoms with Crippen LogP contribution in [0.5, 0.6) is 5.75 Å². The van der Waals surface area contributed by atoms with Gasteiger partial charge in [0.2, 0.25) is 0 Å². The second-order valence-corrected chi connectivity index (χ2v) is 6.18. The van der Waals surface area contributed by atoms with Crippen LogP contribution >= 0.6 is 11.8 Å². The van der Waals surface area contributed by atoms with Gasteiger partial charge in [-0.2, -0.15) is 0 Å². The summed E-state index contributed by atoms with van der Waals surface area (Å²) in [5, 5.41) is 0. The molecule has 0 saturated carbocycles. The molecule has 0 aliphatic carbocycles. The molecule has 1 aliphatic heterocycles. The molecule has 0 fully saturated rings. The van der Waals surface area contributed by atoms with E-state index in [9.17, 15) is 0 Å². The number of para-hydroxylation sites is 1. The van der Waals surface area contributed by atoms with Crippen molar-refractivity contribution < 1.29 is 4.74 Å². The Hall–Kier alpha value is -0.890. The average molecular weight is 276 g/mol. The molecule has 2 rings (SSSR count). The van der Waals surface area contributed by atoms with Crippen molar-refractivity contribution in [2.75, 3.05) is 0 Å². The molecule has 0 spiro atoms. The predicted molar refractivity (Wildman–Crippen MR) is 83.8 cm³/mol. The molecule has 1 unspecified atom stereocenters. The van der Waals surface area contributed by atoms with Crippen molar-refractivity contribution in [3.63, 3.8) is 0 Å². The highest BCUT2D eigenvalue weighted by atomic mass is 32.2. The molecule has 1 atom stereocenters. The highest BCUT2D eigenvalue weighted by molar-refractivity contribution is 8.00. The Kier molecular flexibility index (Phi) is 6.35. The van der Waals surface area contributed by atoms with E-state index in [0.29, 0.717) is 0 Å². The monoisotopic (exact) mass is 276 g/mol. The summed E-state index contributed by atoms with van der Waals surface area (Å²) in [7, 11) is 0. The van der Waals surface area contributed by atoms with E-state index in [-0.39, 0.29) is 5.44 Å². The highest BCUT2D eigenvalue weighted by Gasteiger charge is 2.20. The summed E-state index contributed by atoms with van der Waals surface area (Å²) >= 11 is 1.80. The van der Waals surface area contributed by atoms with Crippen LogP contribution in [-0.2, 0) is 0 Å². The van der Waals surface area contributed by atoms with Gasteiger partial charge >= 0.3 is 0 Å². The predicted octanol–water partition coefficient (Wildman–Crippen LogP) is 5.80. The van der Waals surface area contributed by atoms with Gasteiger partial charge in [-0.15, -0.1) is 0 Å². The molecule has 104 valence electrons. The minimum atomic E-state index is 0.178. The summed E-state index contributed by atoms with van der Waals surface area (Å²) in [4.78, 5) is 1.26. The van der Waals surface area contributed by atoms with E-state index < -0.39 is 0 Å². The molecule has 0 amide bonds. The third-order valence-corrected chi connectivity index (χ3v) is 4.43. The first-order chi connectivity index (χ1) is 9.40. The van der Waals surface area contributed by atoms with E-state index in [4.69, 9.17) is 4.74 Å². The quantitative estimate of drug-likeness (QED) is 0.438. The molecule has 1 nitrogen and oxygen atoms in total. The minimum absolute atomic E-state index is 0.178. The van der Waals surface area contributed by atoms with Crippen molar-refractivity contribution in [3.8, 4) is 5.75 Å². The molecule has 1 aromatic rings. The lowest BCUT2D eigenvalue weighted by Gasteiger charge is -2.03. The van der Waals surface area contributed by atoms with Crippen LogP contribution in [0.15, 0.2) is 41.3 Å². The Labute approximate surface area is 121 Å². The molecule has 1 aliphatic rings. The smallest absolute Gasteiger partial charge is 0.167 e. The van der Waals surface area contributed by atoms with Crippen LogP contribution in [0, 0.1) is 0 Å². The topological polar surface area (TPSA) is 9.23 Å². The first kappa shape index (κ1) is 14.5. The number of ether oxygens (including phenoxy) is 1. The van der Waals surface area contributed by atoms with Crippen molar-refractivity contribution in [1.29, 1.82) is 0 Å². The number of rotatable bonds is 8. The maximum atomic E-state index is 5.84. The second kappa shape index (κ2) is 8.31. The van der Waals surface area contributed by atoms with E-state index in [1.807, 2.05) is 12.1 Å². The van der Waals surface area contributed by atoms with Crippen LogP contribution in [0.25, 0.3) is 0 Å². The Bertz CT molecular complexity index is 375. The Balaban J connectivity index is 1.58. The van der Waals surface area contributed by atoms with Crippen LogP contribution in [0.1, 0.15) is 51.9 Å². The lowest BCUT2D eigenvalue weighted by molar-refractivity contribution is 0.338. The second-order valence-electron chi connectivity index (χ2n) is 5.04. The summed E-state index contributed by atoms with van der Waals surface area (Å²) < 4.78 is 5.84. The number of allylic oxidation sites excluding steroid dienone is 1. The number of unbranched alkanes of at least 4 members (excludes halogenated alkanes) is 6. The van der Waals surface area contributed by atoms with E-state index in [2.05, 4.69) is 31.2 Å². The maximum absolute atomic E-state index is 5.84. The summed E-state index contributed by atoms with van der Waals surface area (Å²) in [6, 6.07) is 8.27. The van der Waals surface area contributed by atoms with Crippen molar-refractivity contribution in [3.05, 3.63) is 36.4 Å². The highest BCUT2D eigenvalue weighted by Crippen LogP contribution is 2.40. The van der Waals surface area contributed by atoms with Crippen molar-refractivity contribution in [1.82, 2.24) is 0 Å². The maximum Gasteiger partial charge on any atom is 0.167 e. The zero-order valence-corrected chi connectivity index (χ0v) is 12.6. The van der Waals surface area contributed by atoms with Gasteiger partial charge < -0.3 is 4.74 Å². The van der Waals surface area contributed by atoms with E-state index in [0.717, 1.165) is 5.75 Å². The van der Waals surface area contributed by atoms with Gasteiger partial charge in [0.15, 0.2) is 5.44 Å². The lowest BCUT2D eigenvalue weighted by atomic mass is 10.1. The SMILES string of the molecule is CCCCCCCC/C=C/C1Oc2ccccc2S1. The Morgan fingerprint density at radius 1 is 1.11 bits per heavy atom. The molecule has 0 saturated heterocycles. The summed E-state index contributed by atoms with van der Waals surface area (Å²) in [6.45, 7) is 2.26. The molecule has 0 N–H and O–H groups in total. The van der Waals surface area contributed by atoms with E-state index in [1.165, 1.54) is 49.8 Å². The molecular weight excluding hydrogens is 252 g/mol. The van der Waals surface area contributed by atoms with Crippen LogP contribution in [0.3, 0.4) is 0 Å². The fourth-order valence-corrected chi connectivity index (χ4v) is 3.23. The minimum Gasteiger partial charge on any atom is -0.474 e. The largest absolute Gasteiger partial charge is 0.474 e. The fourth-order valence-electron chi connectivity index (χ4n) is 2.25. The Morgan fingerprint density at radius 2 is 1.89 bits per heavy atom. The van der Waals surface area contributed by atoms with Gasteiger partial charge in [0.05, 0.1) is 4.90 Å². The Morgan fingerprint density at radius 3 is 2.74 bits per heavy atom. The van der Waals surface area contributed by atoms with Gasteiger partial charge in [0.1, 0.15) is 5.75 Å². The van der Waals surface area contributed by atoms with Crippen LogP contribution in [-0.4, -0.2) is 5.44 Å². The van der Waals surface area contributed by atoms with Crippen molar-refractivity contribution in [2.45, 2.75) is 62.2 Å². The molecule has 2 heteroatoms. The van der Waals surface area contributed by atoms with Gasteiger partial charge in [-0.3, -0.25) is 0 Å².